The summed E-state index contributed by atoms with van der Waals surface area (Å²) in [5.74, 6) is 0. The van der Waals surface area contributed by atoms with E-state index in [2.05, 4.69) is 53.7 Å². The molecule has 0 unspecified atom stereocenters. The van der Waals surface area contributed by atoms with E-state index in [4.69, 9.17) is 4.84 Å². The molecule has 20 heavy (non-hydrogen) atoms. The Bertz CT molecular complexity index is 621. The van der Waals surface area contributed by atoms with Gasteiger partial charge in [0.25, 0.3) is 0 Å². The average molecular weight is 263 g/mol. The summed E-state index contributed by atoms with van der Waals surface area (Å²) in [6.45, 7) is 0. The van der Waals surface area contributed by atoms with Crippen molar-refractivity contribution in [3.05, 3.63) is 59.7 Å². The van der Waals surface area contributed by atoms with Gasteiger partial charge in [0.05, 0.1) is 0 Å². The molecule has 2 nitrogen and oxygen atoms in total. The van der Waals surface area contributed by atoms with E-state index >= 15 is 0 Å². The molecule has 0 aliphatic heterocycles. The van der Waals surface area contributed by atoms with Crippen molar-refractivity contribution in [1.82, 2.24) is 0 Å². The van der Waals surface area contributed by atoms with Gasteiger partial charge in [-0.1, -0.05) is 53.7 Å². The van der Waals surface area contributed by atoms with E-state index in [0.29, 0.717) is 6.10 Å². The lowest BCUT2D eigenvalue weighted by Gasteiger charge is -2.08. The molecule has 100 valence electrons. The van der Waals surface area contributed by atoms with Crippen molar-refractivity contribution in [2.24, 2.45) is 5.16 Å². The Morgan fingerprint density at radius 1 is 0.750 bits per heavy atom. The molecule has 1 fully saturated rings. The molecule has 0 saturated heterocycles. The first-order valence-corrected chi connectivity index (χ1v) is 7.36. The monoisotopic (exact) mass is 263 g/mol. The third kappa shape index (κ3) is 1.83. The second-order valence-corrected chi connectivity index (χ2v) is 5.54. The molecule has 2 aromatic rings. The van der Waals surface area contributed by atoms with E-state index in [0.717, 1.165) is 18.6 Å². The fraction of sp³-hybridized carbons (Fsp3) is 0.278. The predicted octanol–water partition coefficient (Wildman–Crippen LogP) is 4.38. The standard InChI is InChI=1S/C18H17NO/c1-2-8-13(7-1)20-19-18-16-11-5-3-9-14(16)15-10-4-6-12-17(15)18/h3-6,9-13H,1-2,7-8H2. The van der Waals surface area contributed by atoms with Crippen molar-refractivity contribution in [2.45, 2.75) is 31.8 Å². The molecule has 2 aliphatic rings. The molecular formula is C18H17NO. The first kappa shape index (κ1) is 11.7. The van der Waals surface area contributed by atoms with Crippen LogP contribution < -0.4 is 0 Å². The molecular weight excluding hydrogens is 246 g/mol. The lowest BCUT2D eigenvalue weighted by Crippen LogP contribution is -2.06. The van der Waals surface area contributed by atoms with E-state index in [-0.39, 0.29) is 0 Å². The minimum absolute atomic E-state index is 0.308. The third-order valence-electron chi connectivity index (χ3n) is 4.25. The van der Waals surface area contributed by atoms with Crippen molar-refractivity contribution in [3.8, 4) is 11.1 Å². The summed E-state index contributed by atoms with van der Waals surface area (Å²) in [4.78, 5) is 5.79. The highest BCUT2D eigenvalue weighted by Crippen LogP contribution is 2.36. The highest BCUT2D eigenvalue weighted by molar-refractivity contribution is 6.24. The summed E-state index contributed by atoms with van der Waals surface area (Å²) < 4.78 is 0. The van der Waals surface area contributed by atoms with E-state index in [1.165, 1.54) is 35.1 Å². The maximum atomic E-state index is 5.79. The van der Waals surface area contributed by atoms with Crippen LogP contribution in [0.1, 0.15) is 36.8 Å². The predicted molar refractivity (Wildman–Crippen MR) is 80.9 cm³/mol. The lowest BCUT2D eigenvalue weighted by atomic mass is 10.1. The Balaban J connectivity index is 1.76. The fourth-order valence-electron chi connectivity index (χ4n) is 3.21. The smallest absolute Gasteiger partial charge is 0.127 e. The van der Waals surface area contributed by atoms with Gasteiger partial charge < -0.3 is 4.84 Å². The third-order valence-corrected chi connectivity index (χ3v) is 4.25. The molecule has 0 atom stereocenters. The van der Waals surface area contributed by atoms with Crippen LogP contribution >= 0.6 is 0 Å². The Morgan fingerprint density at radius 2 is 1.25 bits per heavy atom. The van der Waals surface area contributed by atoms with Gasteiger partial charge in [0.1, 0.15) is 11.8 Å². The minimum Gasteiger partial charge on any atom is -0.392 e. The second-order valence-electron chi connectivity index (χ2n) is 5.54. The zero-order valence-corrected chi connectivity index (χ0v) is 11.4. The van der Waals surface area contributed by atoms with Crippen LogP contribution in [0.3, 0.4) is 0 Å². The molecule has 2 aliphatic carbocycles. The zero-order chi connectivity index (χ0) is 13.4. The maximum absolute atomic E-state index is 5.79. The van der Waals surface area contributed by atoms with Crippen molar-refractivity contribution in [1.29, 1.82) is 0 Å². The molecule has 1 saturated carbocycles. The van der Waals surface area contributed by atoms with Gasteiger partial charge in [-0.3, -0.25) is 0 Å². The van der Waals surface area contributed by atoms with Gasteiger partial charge in [-0.05, 0) is 36.8 Å². The van der Waals surface area contributed by atoms with Crippen molar-refractivity contribution < 1.29 is 4.84 Å². The number of nitrogens with zero attached hydrogens (tertiary/aromatic N) is 1. The number of oxime groups is 1. The number of benzene rings is 2. The highest BCUT2D eigenvalue weighted by Gasteiger charge is 2.25. The number of fused-ring (bicyclic) bond motifs is 3. The van der Waals surface area contributed by atoms with E-state index in [1.54, 1.807) is 0 Å². The van der Waals surface area contributed by atoms with E-state index in [9.17, 15) is 0 Å². The summed E-state index contributed by atoms with van der Waals surface area (Å²) >= 11 is 0. The number of hydrogen-bond acceptors (Lipinski definition) is 2. The van der Waals surface area contributed by atoms with Crippen molar-refractivity contribution in [2.75, 3.05) is 0 Å². The Morgan fingerprint density at radius 3 is 1.80 bits per heavy atom. The molecule has 2 heteroatoms. The summed E-state index contributed by atoms with van der Waals surface area (Å²) in [6, 6.07) is 16.9. The molecule has 0 aromatic heterocycles. The van der Waals surface area contributed by atoms with Crippen LogP contribution in [0.4, 0.5) is 0 Å². The van der Waals surface area contributed by atoms with Crippen LogP contribution in [0.5, 0.6) is 0 Å². The van der Waals surface area contributed by atoms with Crippen LogP contribution in [0.25, 0.3) is 11.1 Å². The Kier molecular flexibility index (Phi) is 2.80. The Labute approximate surface area is 119 Å². The second kappa shape index (κ2) is 4.78. The van der Waals surface area contributed by atoms with Crippen LogP contribution in [-0.4, -0.2) is 11.8 Å². The number of rotatable bonds is 2. The van der Waals surface area contributed by atoms with E-state index in [1.807, 2.05) is 0 Å². The van der Waals surface area contributed by atoms with Gasteiger partial charge in [0.15, 0.2) is 0 Å². The van der Waals surface area contributed by atoms with Gasteiger partial charge in [-0.2, -0.15) is 0 Å². The molecule has 0 bridgehead atoms. The largest absolute Gasteiger partial charge is 0.392 e. The van der Waals surface area contributed by atoms with Crippen molar-refractivity contribution >= 4 is 5.71 Å². The first-order chi connectivity index (χ1) is 9.93. The quantitative estimate of drug-likeness (QED) is 0.629. The van der Waals surface area contributed by atoms with Crippen LogP contribution in [-0.2, 0) is 4.84 Å². The zero-order valence-electron chi connectivity index (χ0n) is 11.4. The summed E-state index contributed by atoms with van der Waals surface area (Å²) in [5.41, 5.74) is 5.88. The molecule has 0 spiro atoms. The average Bonchev–Trinajstić information content (AvgIpc) is 3.11. The first-order valence-electron chi connectivity index (χ1n) is 7.36. The van der Waals surface area contributed by atoms with Gasteiger partial charge in [-0.25, -0.2) is 0 Å². The minimum atomic E-state index is 0.308. The normalized spacial score (nSPS) is 16.9. The van der Waals surface area contributed by atoms with Gasteiger partial charge in [0.2, 0.25) is 0 Å². The van der Waals surface area contributed by atoms with Gasteiger partial charge in [-0.15, -0.1) is 0 Å². The number of hydrogen-bond donors (Lipinski definition) is 0. The summed E-state index contributed by atoms with van der Waals surface area (Å²) in [6.07, 6.45) is 5.12. The van der Waals surface area contributed by atoms with Crippen LogP contribution in [0.15, 0.2) is 53.7 Å². The maximum Gasteiger partial charge on any atom is 0.127 e. The molecule has 2 aromatic carbocycles. The molecule has 4 rings (SSSR count). The molecule has 0 heterocycles. The molecule has 0 N–H and O–H groups in total. The van der Waals surface area contributed by atoms with Gasteiger partial charge in [0, 0.05) is 11.1 Å². The van der Waals surface area contributed by atoms with Crippen molar-refractivity contribution in [3.63, 3.8) is 0 Å². The highest BCUT2D eigenvalue weighted by atomic mass is 16.6. The fourth-order valence-corrected chi connectivity index (χ4v) is 3.21. The topological polar surface area (TPSA) is 21.6 Å². The van der Waals surface area contributed by atoms with Crippen LogP contribution in [0.2, 0.25) is 0 Å². The summed E-state index contributed by atoms with van der Waals surface area (Å²) in [7, 11) is 0. The van der Waals surface area contributed by atoms with Gasteiger partial charge >= 0.3 is 0 Å². The molecule has 0 radical (unpaired) electrons. The summed E-state index contributed by atoms with van der Waals surface area (Å²) in [5, 5.41) is 4.50. The van der Waals surface area contributed by atoms with E-state index < -0.39 is 0 Å². The Hall–Kier alpha value is -2.09. The SMILES string of the molecule is c1ccc2c(c1)C(=NOC1CCCC1)c1ccccc1-2. The molecule has 0 amide bonds. The lowest BCUT2D eigenvalue weighted by molar-refractivity contribution is 0.0648. The van der Waals surface area contributed by atoms with Crippen LogP contribution in [0, 0.1) is 0 Å².